The van der Waals surface area contributed by atoms with Crippen molar-refractivity contribution in [3.05, 3.63) is 23.8 Å². The van der Waals surface area contributed by atoms with Crippen LogP contribution in [0.4, 0.5) is 0 Å². The predicted molar refractivity (Wildman–Crippen MR) is 99.6 cm³/mol. The van der Waals surface area contributed by atoms with Crippen molar-refractivity contribution in [2.75, 3.05) is 32.8 Å². The number of hydrogen-bond donors (Lipinski definition) is 1. The van der Waals surface area contributed by atoms with Crippen LogP contribution in [0.5, 0.6) is 11.5 Å². The summed E-state index contributed by atoms with van der Waals surface area (Å²) in [7, 11) is 0. The van der Waals surface area contributed by atoms with Crippen molar-refractivity contribution < 1.29 is 19.0 Å². The van der Waals surface area contributed by atoms with Gasteiger partial charge in [-0.3, -0.25) is 9.69 Å². The number of ether oxygens (including phenoxy) is 3. The van der Waals surface area contributed by atoms with Gasteiger partial charge in [0.25, 0.3) is 0 Å². The minimum absolute atomic E-state index is 0.0416. The zero-order chi connectivity index (χ0) is 18.7. The average Bonchev–Trinajstić information content (AvgIpc) is 2.58. The summed E-state index contributed by atoms with van der Waals surface area (Å²) in [6.07, 6.45) is 0.315. The van der Waals surface area contributed by atoms with E-state index >= 15 is 0 Å². The van der Waals surface area contributed by atoms with E-state index in [-0.39, 0.29) is 30.1 Å². The topological polar surface area (TPSA) is 60.0 Å². The Labute approximate surface area is 155 Å². The summed E-state index contributed by atoms with van der Waals surface area (Å²) < 4.78 is 17.0. The van der Waals surface area contributed by atoms with Gasteiger partial charge in [-0.15, -0.1) is 0 Å². The first-order valence-corrected chi connectivity index (χ1v) is 9.49. The molecular weight excluding hydrogens is 332 g/mol. The molecule has 1 N–H and O–H groups in total. The Morgan fingerprint density at radius 3 is 2.46 bits per heavy atom. The monoisotopic (exact) mass is 362 g/mol. The van der Waals surface area contributed by atoms with Crippen molar-refractivity contribution in [1.82, 2.24) is 10.2 Å². The van der Waals surface area contributed by atoms with Crippen LogP contribution in [-0.4, -0.2) is 55.9 Å². The molecule has 1 amide bonds. The number of carbonyl (C=O) groups is 1. The molecule has 0 radical (unpaired) electrons. The highest BCUT2D eigenvalue weighted by Gasteiger charge is 2.26. The van der Waals surface area contributed by atoms with Crippen molar-refractivity contribution in [2.24, 2.45) is 5.92 Å². The fourth-order valence-corrected chi connectivity index (χ4v) is 3.72. The minimum Gasteiger partial charge on any atom is -0.486 e. The highest BCUT2D eigenvalue weighted by atomic mass is 16.6. The molecule has 0 aromatic heterocycles. The van der Waals surface area contributed by atoms with E-state index in [4.69, 9.17) is 14.2 Å². The Bertz CT molecular complexity index is 624. The van der Waals surface area contributed by atoms with Crippen LogP contribution in [0.15, 0.2) is 18.2 Å². The van der Waals surface area contributed by atoms with Crippen LogP contribution in [0, 0.1) is 5.92 Å². The second-order valence-corrected chi connectivity index (χ2v) is 7.64. The van der Waals surface area contributed by atoms with E-state index in [9.17, 15) is 4.79 Å². The summed E-state index contributed by atoms with van der Waals surface area (Å²) in [6, 6.07) is 5.86. The molecule has 26 heavy (non-hydrogen) atoms. The van der Waals surface area contributed by atoms with Gasteiger partial charge in [0, 0.05) is 13.1 Å². The third kappa shape index (κ3) is 4.68. The molecule has 0 aliphatic carbocycles. The van der Waals surface area contributed by atoms with Crippen LogP contribution in [0.3, 0.4) is 0 Å². The molecule has 1 aromatic rings. The van der Waals surface area contributed by atoms with Gasteiger partial charge >= 0.3 is 0 Å². The molecule has 3 rings (SSSR count). The Balaban J connectivity index is 1.65. The lowest BCUT2D eigenvalue weighted by Gasteiger charge is -2.35. The van der Waals surface area contributed by atoms with Gasteiger partial charge in [-0.25, -0.2) is 0 Å². The van der Waals surface area contributed by atoms with Crippen molar-refractivity contribution in [3.8, 4) is 11.5 Å². The van der Waals surface area contributed by atoms with Gasteiger partial charge in [0.05, 0.1) is 24.8 Å². The van der Waals surface area contributed by atoms with Crippen LogP contribution < -0.4 is 14.8 Å². The zero-order valence-corrected chi connectivity index (χ0v) is 16.2. The number of amides is 1. The normalized spacial score (nSPS) is 24.3. The van der Waals surface area contributed by atoms with Crippen molar-refractivity contribution in [2.45, 2.75) is 45.9 Å². The third-order valence-corrected chi connectivity index (χ3v) is 4.77. The second-order valence-electron chi connectivity index (χ2n) is 7.64. The summed E-state index contributed by atoms with van der Waals surface area (Å²) in [5.74, 6) is 1.83. The van der Waals surface area contributed by atoms with Crippen LogP contribution in [0.2, 0.25) is 0 Å². The van der Waals surface area contributed by atoms with Gasteiger partial charge in [0.2, 0.25) is 5.91 Å². The lowest BCUT2D eigenvalue weighted by molar-refractivity contribution is -0.127. The Morgan fingerprint density at radius 2 is 1.81 bits per heavy atom. The van der Waals surface area contributed by atoms with Crippen molar-refractivity contribution in [1.29, 1.82) is 0 Å². The summed E-state index contributed by atoms with van der Waals surface area (Å²) in [5, 5.41) is 3.20. The molecule has 1 fully saturated rings. The highest BCUT2D eigenvalue weighted by molar-refractivity contribution is 5.78. The molecule has 2 aliphatic heterocycles. The fourth-order valence-electron chi connectivity index (χ4n) is 3.72. The van der Waals surface area contributed by atoms with E-state index < -0.39 is 0 Å². The largest absolute Gasteiger partial charge is 0.486 e. The second kappa shape index (κ2) is 8.27. The molecule has 0 spiro atoms. The SMILES string of the molecule is CC(C)[C@H](NC(=O)CN1C[C@@H](C)O[C@H](C)C1)c1ccc2c(c1)OCCO2. The van der Waals surface area contributed by atoms with Gasteiger partial charge in [-0.2, -0.15) is 0 Å². The van der Waals surface area contributed by atoms with Crippen molar-refractivity contribution in [3.63, 3.8) is 0 Å². The van der Waals surface area contributed by atoms with Crippen LogP contribution in [0.25, 0.3) is 0 Å². The molecule has 0 saturated carbocycles. The molecule has 144 valence electrons. The number of carbonyl (C=O) groups excluding carboxylic acids is 1. The molecule has 6 heteroatoms. The molecule has 2 heterocycles. The number of nitrogens with one attached hydrogen (secondary N) is 1. The first-order valence-electron chi connectivity index (χ1n) is 9.49. The lowest BCUT2D eigenvalue weighted by atomic mass is 9.95. The van der Waals surface area contributed by atoms with Gasteiger partial charge in [0.15, 0.2) is 11.5 Å². The van der Waals surface area contributed by atoms with E-state index in [1.165, 1.54) is 0 Å². The summed E-state index contributed by atoms with van der Waals surface area (Å²) in [5.41, 5.74) is 1.04. The summed E-state index contributed by atoms with van der Waals surface area (Å²) >= 11 is 0. The Hall–Kier alpha value is -1.79. The number of hydrogen-bond acceptors (Lipinski definition) is 5. The van der Waals surface area contributed by atoms with E-state index in [1.54, 1.807) is 0 Å². The molecule has 1 saturated heterocycles. The van der Waals surface area contributed by atoms with Crippen LogP contribution in [-0.2, 0) is 9.53 Å². The Kier molecular flexibility index (Phi) is 6.04. The van der Waals surface area contributed by atoms with E-state index in [2.05, 4.69) is 24.1 Å². The molecule has 6 nitrogen and oxygen atoms in total. The maximum Gasteiger partial charge on any atom is 0.234 e. The van der Waals surface area contributed by atoms with Crippen molar-refractivity contribution >= 4 is 5.91 Å². The summed E-state index contributed by atoms with van der Waals surface area (Å²) in [4.78, 5) is 14.8. The van der Waals surface area contributed by atoms with Gasteiger partial charge in [0.1, 0.15) is 13.2 Å². The Morgan fingerprint density at radius 1 is 1.15 bits per heavy atom. The fraction of sp³-hybridized carbons (Fsp3) is 0.650. The first kappa shape index (κ1) is 19.0. The minimum atomic E-state index is -0.0609. The summed E-state index contributed by atoms with van der Waals surface area (Å²) in [6.45, 7) is 11.4. The molecule has 1 aromatic carbocycles. The van der Waals surface area contributed by atoms with E-state index in [0.29, 0.717) is 19.8 Å². The quantitative estimate of drug-likeness (QED) is 0.871. The number of rotatable bonds is 5. The number of fused-ring (bicyclic) bond motifs is 1. The number of nitrogens with zero attached hydrogens (tertiary/aromatic N) is 1. The maximum absolute atomic E-state index is 12.7. The van der Waals surface area contributed by atoms with Gasteiger partial charge < -0.3 is 19.5 Å². The molecule has 3 atom stereocenters. The standard InChI is InChI=1S/C20H30N2O4/c1-13(2)20(16-5-6-17-18(9-16)25-8-7-24-17)21-19(23)12-22-10-14(3)26-15(4)11-22/h5-6,9,13-15,20H,7-8,10-12H2,1-4H3,(H,21,23)/t14-,15-,20+/m1/s1. The predicted octanol–water partition coefficient (Wildman–Crippen LogP) is 2.38. The zero-order valence-electron chi connectivity index (χ0n) is 16.2. The molecule has 0 unspecified atom stereocenters. The number of benzene rings is 1. The van der Waals surface area contributed by atoms with Crippen LogP contribution in [0.1, 0.15) is 39.3 Å². The number of morpholine rings is 1. The molecular formula is C20H30N2O4. The van der Waals surface area contributed by atoms with E-state index in [0.717, 1.165) is 30.2 Å². The smallest absolute Gasteiger partial charge is 0.234 e. The maximum atomic E-state index is 12.7. The average molecular weight is 362 g/mol. The molecule has 2 aliphatic rings. The van der Waals surface area contributed by atoms with Gasteiger partial charge in [-0.1, -0.05) is 19.9 Å². The van der Waals surface area contributed by atoms with E-state index in [1.807, 2.05) is 32.0 Å². The highest BCUT2D eigenvalue weighted by Crippen LogP contribution is 2.34. The lowest BCUT2D eigenvalue weighted by Crippen LogP contribution is -2.49. The molecule has 0 bridgehead atoms. The van der Waals surface area contributed by atoms with Gasteiger partial charge in [-0.05, 0) is 37.5 Å². The van der Waals surface area contributed by atoms with Crippen LogP contribution >= 0.6 is 0 Å². The first-order chi connectivity index (χ1) is 12.4. The third-order valence-electron chi connectivity index (χ3n) is 4.77.